The second kappa shape index (κ2) is 13.2. The normalized spacial score (nSPS) is 13.9. The molecule has 1 N–H and O–H groups in total. The Morgan fingerprint density at radius 2 is 1.81 bits per heavy atom. The molecule has 0 unspecified atom stereocenters. The number of rotatable bonds is 13. The van der Waals surface area contributed by atoms with Crippen molar-refractivity contribution in [2.24, 2.45) is 5.92 Å². The van der Waals surface area contributed by atoms with Crippen molar-refractivity contribution in [1.82, 2.24) is 0 Å². The van der Waals surface area contributed by atoms with Gasteiger partial charge in [0.1, 0.15) is 21.9 Å². The minimum atomic E-state index is -3.80. The molecule has 1 aliphatic rings. The molecule has 2 aromatic carbocycles. The minimum absolute atomic E-state index is 0.00674. The maximum atomic E-state index is 13.5. The number of anilines is 1. The number of sulfonamides is 1. The third-order valence-electron chi connectivity index (χ3n) is 6.17. The van der Waals surface area contributed by atoms with Gasteiger partial charge in [0.15, 0.2) is 23.9 Å². The third kappa shape index (κ3) is 8.49. The zero-order chi connectivity index (χ0) is 30.6. The summed E-state index contributed by atoms with van der Waals surface area (Å²) in [6, 6.07) is 8.14. The Kier molecular flexibility index (Phi) is 9.85. The van der Waals surface area contributed by atoms with Gasteiger partial charge in [0, 0.05) is 18.1 Å². The summed E-state index contributed by atoms with van der Waals surface area (Å²) in [5.74, 6) is -0.581. The first kappa shape index (κ1) is 31.4. The van der Waals surface area contributed by atoms with E-state index < -0.39 is 28.7 Å². The summed E-state index contributed by atoms with van der Waals surface area (Å²) < 4.78 is 74.2. The molecule has 4 rings (SSSR count). The molecule has 1 saturated carbocycles. The van der Waals surface area contributed by atoms with E-state index >= 15 is 0 Å². The van der Waals surface area contributed by atoms with Gasteiger partial charge in [-0.1, -0.05) is 29.3 Å². The number of hydrogen-bond donors (Lipinski definition) is 1. The lowest BCUT2D eigenvalue weighted by Crippen LogP contribution is -2.25. The smallest absolute Gasteiger partial charge is 0.387 e. The van der Waals surface area contributed by atoms with Gasteiger partial charge < -0.3 is 24.2 Å². The van der Waals surface area contributed by atoms with Crippen LogP contribution in [0.15, 0.2) is 48.8 Å². The van der Waals surface area contributed by atoms with Gasteiger partial charge in [-0.25, -0.2) is 13.2 Å². The highest BCUT2D eigenvalue weighted by Gasteiger charge is 2.28. The SMILES string of the molecule is COc1ccc(C(=O)O[C@@H](Cc2c(Cl)c[n+]([O-])cc2Cl)c2ccc(OC(F)F)c(OCC3CC3)c2)c(NS(C)(=O)=O)c1. The summed E-state index contributed by atoms with van der Waals surface area (Å²) in [7, 11) is -2.43. The molecule has 3 aromatic rings. The number of ether oxygens (including phenoxy) is 4. The van der Waals surface area contributed by atoms with Crippen molar-refractivity contribution in [3.63, 3.8) is 0 Å². The van der Waals surface area contributed by atoms with Crippen LogP contribution in [0.2, 0.25) is 10.0 Å². The molecule has 1 atom stereocenters. The molecule has 0 saturated heterocycles. The molecule has 0 aliphatic heterocycles. The average Bonchev–Trinajstić information content (AvgIpc) is 3.72. The van der Waals surface area contributed by atoms with Crippen LogP contribution in [-0.4, -0.2) is 41.0 Å². The van der Waals surface area contributed by atoms with Gasteiger partial charge in [0.05, 0.1) is 31.2 Å². The molecule has 1 heterocycles. The first-order valence-corrected chi connectivity index (χ1v) is 15.1. The molecule has 1 fully saturated rings. The summed E-state index contributed by atoms with van der Waals surface area (Å²) in [4.78, 5) is 13.5. The molecule has 42 heavy (non-hydrogen) atoms. The highest BCUT2D eigenvalue weighted by Crippen LogP contribution is 2.38. The van der Waals surface area contributed by atoms with Gasteiger partial charge in [0.2, 0.25) is 10.0 Å². The van der Waals surface area contributed by atoms with Crippen molar-refractivity contribution >= 4 is 44.9 Å². The molecule has 0 radical (unpaired) electrons. The van der Waals surface area contributed by atoms with Crippen LogP contribution in [-0.2, 0) is 21.2 Å². The number of carbonyl (C=O) groups excluding carboxylic acids is 1. The number of esters is 1. The lowest BCUT2D eigenvalue weighted by Gasteiger charge is -2.22. The van der Waals surface area contributed by atoms with E-state index in [1.54, 1.807) is 0 Å². The Morgan fingerprint density at radius 3 is 2.40 bits per heavy atom. The molecular weight excluding hydrogens is 621 g/mol. The molecule has 1 aromatic heterocycles. The number of nitrogens with zero attached hydrogens (tertiary/aromatic N) is 1. The Morgan fingerprint density at radius 1 is 1.12 bits per heavy atom. The number of alkyl halides is 2. The van der Waals surface area contributed by atoms with Gasteiger partial charge in [-0.15, -0.1) is 0 Å². The van der Waals surface area contributed by atoms with E-state index in [1.165, 1.54) is 43.5 Å². The molecule has 226 valence electrons. The van der Waals surface area contributed by atoms with E-state index in [2.05, 4.69) is 9.46 Å². The fraction of sp³-hybridized carbons (Fsp3) is 0.333. The molecule has 10 nitrogen and oxygen atoms in total. The van der Waals surface area contributed by atoms with Gasteiger partial charge >= 0.3 is 12.6 Å². The highest BCUT2D eigenvalue weighted by atomic mass is 35.5. The predicted molar refractivity (Wildman–Crippen MR) is 150 cm³/mol. The Hall–Kier alpha value is -3.55. The van der Waals surface area contributed by atoms with Gasteiger partial charge in [-0.05, 0) is 48.6 Å². The predicted octanol–water partition coefficient (Wildman–Crippen LogP) is 5.54. The zero-order valence-electron chi connectivity index (χ0n) is 22.3. The average molecular weight is 647 g/mol. The number of aromatic nitrogens is 1. The van der Waals surface area contributed by atoms with Crippen LogP contribution in [0.1, 0.15) is 40.4 Å². The van der Waals surface area contributed by atoms with Crippen molar-refractivity contribution in [3.8, 4) is 17.2 Å². The summed E-state index contributed by atoms with van der Waals surface area (Å²) in [6.07, 6.45) is 3.64. The molecule has 0 amide bonds. The number of methoxy groups -OCH3 is 1. The standard InChI is InChI=1S/C27H26Cl2F2N2O8S/c1-38-17-6-7-18(22(10-17)32-42(2,36)37)26(34)40-24(11-19-20(28)12-33(35)13-21(19)29)16-5-8-23(41-27(30)31)25(9-16)39-14-15-3-4-15/h5-10,12-13,15,24,27,32H,3-4,11,14H2,1-2H3/t24-/m0/s1. The van der Waals surface area contributed by atoms with Gasteiger partial charge in [-0.2, -0.15) is 13.5 Å². The second-order valence-corrected chi connectivity index (χ2v) is 12.1. The summed E-state index contributed by atoms with van der Waals surface area (Å²) in [6.45, 7) is -2.83. The zero-order valence-corrected chi connectivity index (χ0v) is 24.6. The van der Waals surface area contributed by atoms with Crippen LogP contribution in [0, 0.1) is 11.1 Å². The van der Waals surface area contributed by atoms with E-state index in [4.69, 9.17) is 37.4 Å². The molecule has 0 bridgehead atoms. The van der Waals surface area contributed by atoms with Crippen LogP contribution in [0.3, 0.4) is 0 Å². The maximum Gasteiger partial charge on any atom is 0.387 e. The van der Waals surface area contributed by atoms with Crippen LogP contribution in [0.4, 0.5) is 14.5 Å². The minimum Gasteiger partial charge on any atom is -0.619 e. The van der Waals surface area contributed by atoms with E-state index in [1.807, 2.05) is 0 Å². The summed E-state index contributed by atoms with van der Waals surface area (Å²) in [5.41, 5.74) is 0.323. The fourth-order valence-corrected chi connectivity index (χ4v) is 5.13. The van der Waals surface area contributed by atoms with Crippen molar-refractivity contribution in [1.29, 1.82) is 0 Å². The number of halogens is 4. The Bertz CT molecular complexity index is 1550. The molecule has 15 heteroatoms. The van der Waals surface area contributed by atoms with Crippen LogP contribution in [0.25, 0.3) is 0 Å². The second-order valence-electron chi connectivity index (χ2n) is 9.52. The number of hydrogen-bond acceptors (Lipinski definition) is 8. The first-order valence-electron chi connectivity index (χ1n) is 12.5. The Labute approximate surface area is 250 Å². The highest BCUT2D eigenvalue weighted by molar-refractivity contribution is 7.92. The van der Waals surface area contributed by atoms with E-state index in [9.17, 15) is 27.2 Å². The van der Waals surface area contributed by atoms with Crippen molar-refractivity contribution in [2.75, 3.05) is 24.7 Å². The van der Waals surface area contributed by atoms with Gasteiger partial charge in [0.25, 0.3) is 0 Å². The van der Waals surface area contributed by atoms with Crippen molar-refractivity contribution < 1.29 is 45.7 Å². The summed E-state index contributed by atoms with van der Waals surface area (Å²) >= 11 is 12.6. The molecular formula is C27H26Cl2F2N2O8S. The monoisotopic (exact) mass is 646 g/mol. The van der Waals surface area contributed by atoms with Crippen LogP contribution < -0.4 is 23.7 Å². The first-order chi connectivity index (χ1) is 19.8. The van der Waals surface area contributed by atoms with E-state index in [-0.39, 0.29) is 57.1 Å². The maximum absolute atomic E-state index is 13.5. The quantitative estimate of drug-likeness (QED) is 0.146. The molecule has 1 aliphatic carbocycles. The van der Waals surface area contributed by atoms with Crippen molar-refractivity contribution in [2.45, 2.75) is 32.0 Å². The number of carbonyl (C=O) groups is 1. The van der Waals surface area contributed by atoms with Gasteiger partial charge in [-0.3, -0.25) is 4.72 Å². The largest absolute Gasteiger partial charge is 0.619 e. The lowest BCUT2D eigenvalue weighted by molar-refractivity contribution is -0.605. The van der Waals surface area contributed by atoms with Crippen LogP contribution >= 0.6 is 23.2 Å². The lowest BCUT2D eigenvalue weighted by atomic mass is 10.0. The van der Waals surface area contributed by atoms with E-state index in [0.717, 1.165) is 31.5 Å². The number of nitrogens with one attached hydrogen (secondary N) is 1. The summed E-state index contributed by atoms with van der Waals surface area (Å²) in [5, 5.41) is 11.8. The number of benzene rings is 2. The van der Waals surface area contributed by atoms with Crippen molar-refractivity contribution in [3.05, 3.63) is 80.7 Å². The topological polar surface area (TPSA) is 127 Å². The third-order valence-corrected chi connectivity index (χ3v) is 7.41. The number of pyridine rings is 1. The van der Waals surface area contributed by atoms with E-state index in [0.29, 0.717) is 16.2 Å². The fourth-order valence-electron chi connectivity index (χ4n) is 3.97. The molecule has 0 spiro atoms. The van der Waals surface area contributed by atoms with Crippen LogP contribution in [0.5, 0.6) is 17.2 Å². The Balaban J connectivity index is 1.75.